The van der Waals surface area contributed by atoms with E-state index in [0.29, 0.717) is 0 Å². The van der Waals surface area contributed by atoms with Crippen molar-refractivity contribution >= 4 is 0 Å². The fourth-order valence-corrected chi connectivity index (χ4v) is 1.03. The Labute approximate surface area is 79.1 Å². The van der Waals surface area contributed by atoms with Crippen LogP contribution >= 0.6 is 0 Å². The van der Waals surface area contributed by atoms with Crippen LogP contribution in [0.2, 0.25) is 0 Å². The largest absolute Gasteiger partial charge is 0.439 e. The Kier molecular flexibility index (Phi) is 1.88. The van der Waals surface area contributed by atoms with Gasteiger partial charge >= 0.3 is 11.9 Å². The first kappa shape index (κ1) is 9.49. The van der Waals surface area contributed by atoms with Crippen LogP contribution in [0.5, 0.6) is 0 Å². The molecule has 0 atom stereocenters. The van der Waals surface area contributed by atoms with Crippen LogP contribution in [0.1, 0.15) is 5.69 Å². The fourth-order valence-electron chi connectivity index (χ4n) is 1.03. The molecule has 6 nitrogen and oxygen atoms in total. The predicted octanol–water partition coefficient (Wildman–Crippen LogP) is 0.772. The summed E-state index contributed by atoms with van der Waals surface area (Å²) in [5.74, 6) is -1.25. The number of aromatic nitrogens is 4. The minimum atomic E-state index is -4.60. The number of alkyl halides is 3. The van der Waals surface area contributed by atoms with Crippen LogP contribution in [0.15, 0.2) is 15.5 Å². The van der Waals surface area contributed by atoms with Crippen molar-refractivity contribution in [1.29, 1.82) is 0 Å². The van der Waals surface area contributed by atoms with Crippen LogP contribution in [-0.4, -0.2) is 20.3 Å². The van der Waals surface area contributed by atoms with Gasteiger partial charge in [0, 0.05) is 0 Å². The first-order valence-electron chi connectivity index (χ1n) is 3.65. The van der Waals surface area contributed by atoms with E-state index in [2.05, 4.69) is 14.8 Å². The highest BCUT2D eigenvalue weighted by Gasteiger charge is 2.36. The van der Waals surface area contributed by atoms with Gasteiger partial charge in [-0.2, -0.15) is 18.3 Å². The van der Waals surface area contributed by atoms with Gasteiger partial charge in [-0.3, -0.25) is 14.6 Å². The molecule has 2 N–H and O–H groups in total. The minimum absolute atomic E-state index is 0.318. The molecule has 0 aliphatic heterocycles. The fraction of sp³-hybridized carbons (Fsp3) is 0.167. The van der Waals surface area contributed by atoms with Gasteiger partial charge in [0.1, 0.15) is 0 Å². The molecular formula is C6H3F3N4O2. The Hall–Kier alpha value is -2.06. The molecule has 0 radical (unpaired) electrons. The van der Waals surface area contributed by atoms with Crippen LogP contribution in [0.25, 0.3) is 11.4 Å². The van der Waals surface area contributed by atoms with E-state index in [4.69, 9.17) is 0 Å². The topological polar surface area (TPSA) is 87.6 Å². The molecule has 0 saturated carbocycles. The van der Waals surface area contributed by atoms with Gasteiger partial charge in [-0.15, -0.1) is 0 Å². The predicted molar refractivity (Wildman–Crippen MR) is 39.7 cm³/mol. The molecule has 9 heteroatoms. The van der Waals surface area contributed by atoms with E-state index in [1.807, 2.05) is 4.98 Å². The van der Waals surface area contributed by atoms with Gasteiger partial charge in [-0.25, -0.2) is 4.79 Å². The number of nitrogens with zero attached hydrogens (tertiary/aromatic N) is 2. The summed E-state index contributed by atoms with van der Waals surface area (Å²) in [4.78, 5) is 12.5. The summed E-state index contributed by atoms with van der Waals surface area (Å²) in [5, 5.41) is 8.13. The maximum Gasteiger partial charge on any atom is 0.439 e. The molecule has 0 unspecified atom stereocenters. The third-order valence-electron chi connectivity index (χ3n) is 1.62. The van der Waals surface area contributed by atoms with Gasteiger partial charge in [0.2, 0.25) is 0 Å². The highest BCUT2D eigenvalue weighted by atomic mass is 19.4. The van der Waals surface area contributed by atoms with Crippen molar-refractivity contribution in [1.82, 2.24) is 20.3 Å². The van der Waals surface area contributed by atoms with Crippen LogP contribution in [-0.2, 0) is 6.18 Å². The van der Waals surface area contributed by atoms with Gasteiger partial charge < -0.3 is 0 Å². The van der Waals surface area contributed by atoms with Gasteiger partial charge in [0.25, 0.3) is 0 Å². The first-order valence-corrected chi connectivity index (χ1v) is 3.65. The summed E-state index contributed by atoms with van der Waals surface area (Å²) in [7, 11) is 0. The number of nitrogens with one attached hydrogen (secondary N) is 2. The zero-order chi connectivity index (χ0) is 11.1. The van der Waals surface area contributed by atoms with Crippen molar-refractivity contribution in [2.75, 3.05) is 0 Å². The molecular weight excluding hydrogens is 217 g/mol. The maximum absolute atomic E-state index is 12.4. The molecule has 0 saturated heterocycles. The summed E-state index contributed by atoms with van der Waals surface area (Å²) >= 11 is 0. The Bertz CT molecular complexity index is 523. The van der Waals surface area contributed by atoms with Crippen molar-refractivity contribution in [3.8, 4) is 11.4 Å². The molecule has 0 bridgehead atoms. The molecule has 0 fully saturated rings. The second-order valence-electron chi connectivity index (χ2n) is 2.60. The van der Waals surface area contributed by atoms with E-state index in [1.54, 1.807) is 5.10 Å². The van der Waals surface area contributed by atoms with E-state index >= 15 is 0 Å². The summed E-state index contributed by atoms with van der Waals surface area (Å²) in [5.41, 5.74) is -1.46. The summed E-state index contributed by atoms with van der Waals surface area (Å²) in [6, 6.07) is 0. The minimum Gasteiger partial charge on any atom is -0.296 e. The zero-order valence-electron chi connectivity index (χ0n) is 6.92. The van der Waals surface area contributed by atoms with Crippen LogP contribution in [0.3, 0.4) is 0 Å². The molecule has 15 heavy (non-hydrogen) atoms. The lowest BCUT2D eigenvalue weighted by atomic mass is 10.2. The van der Waals surface area contributed by atoms with Crippen LogP contribution < -0.4 is 5.76 Å². The smallest absolute Gasteiger partial charge is 0.296 e. The average molecular weight is 220 g/mol. The third-order valence-corrected chi connectivity index (χ3v) is 1.62. The molecule has 0 aliphatic carbocycles. The Balaban J connectivity index is 2.55. The number of hydrogen-bond acceptors (Lipinski definition) is 4. The SMILES string of the molecule is O=c1[nH]c(-c2cn[nH]c2C(F)(F)F)no1. The standard InChI is InChI=1S/C6H3F3N4O2/c7-6(8,9)3-2(1-10-12-3)4-11-5(14)15-13-4/h1H,(H,10,12)(H,11,13,14). The zero-order valence-corrected chi connectivity index (χ0v) is 6.92. The average Bonchev–Trinajstić information content (AvgIpc) is 2.68. The van der Waals surface area contributed by atoms with Gasteiger partial charge in [-0.05, 0) is 0 Å². The van der Waals surface area contributed by atoms with E-state index in [-0.39, 0.29) is 11.4 Å². The Morgan fingerprint density at radius 3 is 2.67 bits per heavy atom. The number of H-pyrrole nitrogens is 2. The summed E-state index contributed by atoms with van der Waals surface area (Å²) in [6.07, 6.45) is -3.70. The number of aromatic amines is 2. The van der Waals surface area contributed by atoms with Gasteiger partial charge in [-0.1, -0.05) is 5.16 Å². The molecule has 0 aromatic carbocycles. The Morgan fingerprint density at radius 2 is 2.13 bits per heavy atom. The molecule has 0 spiro atoms. The lowest BCUT2D eigenvalue weighted by Gasteiger charge is -2.03. The van der Waals surface area contributed by atoms with E-state index in [1.165, 1.54) is 0 Å². The number of hydrogen-bond donors (Lipinski definition) is 2. The molecule has 80 valence electrons. The normalized spacial score (nSPS) is 11.9. The second kappa shape index (κ2) is 2.97. The second-order valence-corrected chi connectivity index (χ2v) is 2.60. The van der Waals surface area contributed by atoms with Crippen molar-refractivity contribution in [3.63, 3.8) is 0 Å². The molecule has 2 rings (SSSR count). The van der Waals surface area contributed by atoms with Gasteiger partial charge in [0.05, 0.1) is 11.8 Å². The van der Waals surface area contributed by atoms with Gasteiger partial charge in [0.15, 0.2) is 11.5 Å². The first-order chi connectivity index (χ1) is 6.98. The highest BCUT2D eigenvalue weighted by Crippen LogP contribution is 2.33. The number of rotatable bonds is 1. The van der Waals surface area contributed by atoms with Crippen LogP contribution in [0, 0.1) is 0 Å². The summed E-state index contributed by atoms with van der Waals surface area (Å²) < 4.78 is 41.1. The van der Waals surface area contributed by atoms with E-state index in [0.717, 1.165) is 6.20 Å². The lowest BCUT2D eigenvalue weighted by Crippen LogP contribution is -2.07. The van der Waals surface area contributed by atoms with E-state index in [9.17, 15) is 18.0 Å². The molecule has 2 heterocycles. The quantitative estimate of drug-likeness (QED) is 0.742. The number of halogens is 3. The third kappa shape index (κ3) is 1.63. The molecule has 0 amide bonds. The highest BCUT2D eigenvalue weighted by molar-refractivity contribution is 5.56. The monoisotopic (exact) mass is 220 g/mol. The molecule has 2 aromatic heterocycles. The van der Waals surface area contributed by atoms with Crippen LogP contribution in [0.4, 0.5) is 13.2 Å². The van der Waals surface area contributed by atoms with E-state index < -0.39 is 17.6 Å². The Morgan fingerprint density at radius 1 is 1.40 bits per heavy atom. The van der Waals surface area contributed by atoms with Crippen molar-refractivity contribution in [2.24, 2.45) is 0 Å². The lowest BCUT2D eigenvalue weighted by molar-refractivity contribution is -0.140. The molecule has 0 aliphatic rings. The summed E-state index contributed by atoms with van der Waals surface area (Å²) in [6.45, 7) is 0. The molecule has 2 aromatic rings. The van der Waals surface area contributed by atoms with Crippen molar-refractivity contribution < 1.29 is 17.7 Å². The maximum atomic E-state index is 12.4. The van der Waals surface area contributed by atoms with Crippen molar-refractivity contribution in [2.45, 2.75) is 6.18 Å². The van der Waals surface area contributed by atoms with Crippen molar-refractivity contribution in [3.05, 3.63) is 22.4 Å².